The van der Waals surface area contributed by atoms with E-state index in [9.17, 15) is 10.1 Å². The Morgan fingerprint density at radius 2 is 2.25 bits per heavy atom. The van der Waals surface area contributed by atoms with E-state index in [0.29, 0.717) is 12.4 Å². The number of nitro groups is 1. The van der Waals surface area contributed by atoms with Crippen LogP contribution in [0.2, 0.25) is 0 Å². The molecule has 2 heterocycles. The third-order valence-corrected chi connectivity index (χ3v) is 3.35. The van der Waals surface area contributed by atoms with E-state index in [4.69, 9.17) is 0 Å². The van der Waals surface area contributed by atoms with Crippen LogP contribution >= 0.6 is 0 Å². The normalized spacial score (nSPS) is 16.1. The van der Waals surface area contributed by atoms with Gasteiger partial charge in [0.05, 0.1) is 4.92 Å². The van der Waals surface area contributed by atoms with E-state index >= 15 is 0 Å². The average Bonchev–Trinajstić information content (AvgIpc) is 2.45. The summed E-state index contributed by atoms with van der Waals surface area (Å²) in [5, 5.41) is 17.3. The first-order valence-corrected chi connectivity index (χ1v) is 6.95. The van der Waals surface area contributed by atoms with Crippen LogP contribution in [0, 0.1) is 17.0 Å². The highest BCUT2D eigenvalue weighted by atomic mass is 16.6. The number of rotatable bonds is 6. The Kier molecular flexibility index (Phi) is 5.25. The predicted molar refractivity (Wildman–Crippen MR) is 78.0 cm³/mol. The van der Waals surface area contributed by atoms with Crippen molar-refractivity contribution in [3.63, 3.8) is 0 Å². The van der Waals surface area contributed by atoms with E-state index in [1.165, 1.54) is 0 Å². The summed E-state index contributed by atoms with van der Waals surface area (Å²) in [4.78, 5) is 17.1. The van der Waals surface area contributed by atoms with Gasteiger partial charge in [0.25, 0.3) is 0 Å². The first-order chi connectivity index (χ1) is 9.66. The van der Waals surface area contributed by atoms with Crippen molar-refractivity contribution in [2.45, 2.75) is 13.3 Å². The number of anilines is 1. The molecule has 20 heavy (non-hydrogen) atoms. The zero-order valence-corrected chi connectivity index (χ0v) is 11.8. The molecule has 0 saturated carbocycles. The first kappa shape index (κ1) is 14.7. The average molecular weight is 279 g/mol. The molecule has 0 spiro atoms. The molecular weight excluding hydrogens is 258 g/mol. The van der Waals surface area contributed by atoms with Crippen molar-refractivity contribution in [3.8, 4) is 0 Å². The summed E-state index contributed by atoms with van der Waals surface area (Å²) in [7, 11) is 0. The Bertz CT molecular complexity index is 460. The number of piperazine rings is 1. The maximum absolute atomic E-state index is 11.0. The van der Waals surface area contributed by atoms with Crippen LogP contribution in [0.4, 0.5) is 11.5 Å². The van der Waals surface area contributed by atoms with Crippen LogP contribution in [-0.4, -0.2) is 54.1 Å². The summed E-state index contributed by atoms with van der Waals surface area (Å²) in [6.45, 7) is 7.73. The van der Waals surface area contributed by atoms with Gasteiger partial charge in [0, 0.05) is 45.0 Å². The first-order valence-electron chi connectivity index (χ1n) is 6.95. The van der Waals surface area contributed by atoms with Gasteiger partial charge in [-0.25, -0.2) is 4.98 Å². The Labute approximate surface area is 118 Å². The molecule has 7 nitrogen and oxygen atoms in total. The zero-order valence-electron chi connectivity index (χ0n) is 11.8. The Balaban J connectivity index is 1.80. The molecule has 0 amide bonds. The summed E-state index contributed by atoms with van der Waals surface area (Å²) in [5.74, 6) is 0.362. The van der Waals surface area contributed by atoms with Crippen molar-refractivity contribution in [2.75, 3.05) is 44.6 Å². The highest BCUT2D eigenvalue weighted by Gasteiger charge is 2.15. The van der Waals surface area contributed by atoms with Gasteiger partial charge in [-0.3, -0.25) is 10.1 Å². The van der Waals surface area contributed by atoms with E-state index in [0.717, 1.165) is 44.7 Å². The van der Waals surface area contributed by atoms with Crippen molar-refractivity contribution in [1.82, 2.24) is 15.2 Å². The van der Waals surface area contributed by atoms with Gasteiger partial charge < -0.3 is 15.5 Å². The Hall–Kier alpha value is -1.73. The topological polar surface area (TPSA) is 83.3 Å². The lowest BCUT2D eigenvalue weighted by Gasteiger charge is -2.27. The minimum absolute atomic E-state index is 0.0483. The van der Waals surface area contributed by atoms with E-state index in [1.807, 2.05) is 0 Å². The fourth-order valence-electron chi connectivity index (χ4n) is 2.27. The second-order valence-electron chi connectivity index (χ2n) is 5.01. The highest BCUT2D eigenvalue weighted by Crippen LogP contribution is 2.22. The Morgan fingerprint density at radius 1 is 1.50 bits per heavy atom. The molecule has 0 aliphatic carbocycles. The second kappa shape index (κ2) is 7.16. The molecule has 0 radical (unpaired) electrons. The second-order valence-corrected chi connectivity index (χ2v) is 5.01. The van der Waals surface area contributed by atoms with Crippen molar-refractivity contribution >= 4 is 11.5 Å². The van der Waals surface area contributed by atoms with Crippen LogP contribution in [-0.2, 0) is 0 Å². The molecule has 7 heteroatoms. The molecular formula is C13H21N5O2. The highest BCUT2D eigenvalue weighted by molar-refractivity contribution is 5.56. The van der Waals surface area contributed by atoms with E-state index < -0.39 is 4.92 Å². The molecule has 0 aromatic carbocycles. The molecule has 2 N–H and O–H groups in total. The molecule has 1 aliphatic heterocycles. The van der Waals surface area contributed by atoms with Crippen molar-refractivity contribution in [3.05, 3.63) is 27.9 Å². The third-order valence-electron chi connectivity index (χ3n) is 3.35. The maximum atomic E-state index is 11.0. The van der Waals surface area contributed by atoms with Gasteiger partial charge in [0.1, 0.15) is 0 Å². The molecule has 0 unspecified atom stereocenters. The summed E-state index contributed by atoms with van der Waals surface area (Å²) < 4.78 is 0. The van der Waals surface area contributed by atoms with Gasteiger partial charge in [-0.1, -0.05) is 0 Å². The van der Waals surface area contributed by atoms with Crippen LogP contribution in [0.15, 0.2) is 12.3 Å². The van der Waals surface area contributed by atoms with Gasteiger partial charge in [-0.05, 0) is 25.5 Å². The lowest BCUT2D eigenvalue weighted by molar-refractivity contribution is -0.384. The Morgan fingerprint density at radius 3 is 2.95 bits per heavy atom. The predicted octanol–water partition coefficient (Wildman–Crippen LogP) is 1.01. The van der Waals surface area contributed by atoms with Gasteiger partial charge in [0.2, 0.25) is 5.82 Å². The van der Waals surface area contributed by atoms with Crippen molar-refractivity contribution in [2.24, 2.45) is 0 Å². The van der Waals surface area contributed by atoms with E-state index in [-0.39, 0.29) is 5.69 Å². The molecule has 2 rings (SSSR count). The molecule has 0 atom stereocenters. The quantitative estimate of drug-likeness (QED) is 0.459. The summed E-state index contributed by atoms with van der Waals surface area (Å²) in [6, 6.07) is 1.55. The number of nitrogens with one attached hydrogen (secondary N) is 2. The molecule has 110 valence electrons. The van der Waals surface area contributed by atoms with Crippen molar-refractivity contribution in [1.29, 1.82) is 0 Å². The minimum atomic E-state index is -0.390. The smallest absolute Gasteiger partial charge is 0.311 e. The number of pyridine rings is 1. The lowest BCUT2D eigenvalue weighted by atomic mass is 10.2. The SMILES string of the molecule is Cc1cnc(NCCCN2CCNCC2)c([N+](=O)[O-])c1. The van der Waals surface area contributed by atoms with Crippen LogP contribution in [0.1, 0.15) is 12.0 Å². The van der Waals surface area contributed by atoms with Crippen LogP contribution < -0.4 is 10.6 Å². The van der Waals surface area contributed by atoms with Gasteiger partial charge in [0.15, 0.2) is 0 Å². The van der Waals surface area contributed by atoms with Crippen LogP contribution in [0.25, 0.3) is 0 Å². The van der Waals surface area contributed by atoms with Gasteiger partial charge >= 0.3 is 5.69 Å². The summed E-state index contributed by atoms with van der Waals surface area (Å²) in [5.41, 5.74) is 0.843. The van der Waals surface area contributed by atoms with Gasteiger partial charge in [-0.15, -0.1) is 0 Å². The zero-order chi connectivity index (χ0) is 14.4. The number of aromatic nitrogens is 1. The molecule has 1 aliphatic rings. The number of hydrogen-bond donors (Lipinski definition) is 2. The summed E-state index contributed by atoms with van der Waals surface area (Å²) in [6.07, 6.45) is 2.60. The fraction of sp³-hybridized carbons (Fsp3) is 0.615. The van der Waals surface area contributed by atoms with Crippen molar-refractivity contribution < 1.29 is 4.92 Å². The number of aryl methyl sites for hydroxylation is 1. The number of nitrogens with zero attached hydrogens (tertiary/aromatic N) is 3. The van der Waals surface area contributed by atoms with Crippen LogP contribution in [0.5, 0.6) is 0 Å². The van der Waals surface area contributed by atoms with Crippen LogP contribution in [0.3, 0.4) is 0 Å². The monoisotopic (exact) mass is 279 g/mol. The molecule has 1 aromatic heterocycles. The van der Waals surface area contributed by atoms with E-state index in [2.05, 4.69) is 20.5 Å². The molecule has 1 saturated heterocycles. The summed E-state index contributed by atoms with van der Waals surface area (Å²) >= 11 is 0. The maximum Gasteiger partial charge on any atom is 0.311 e. The minimum Gasteiger partial charge on any atom is -0.364 e. The van der Waals surface area contributed by atoms with E-state index in [1.54, 1.807) is 19.2 Å². The molecule has 1 aromatic rings. The number of hydrogen-bond acceptors (Lipinski definition) is 6. The third kappa shape index (κ3) is 4.14. The fourth-order valence-corrected chi connectivity index (χ4v) is 2.27. The standard InChI is InChI=1S/C13H21N5O2/c1-11-9-12(18(19)20)13(16-10-11)15-3-2-6-17-7-4-14-5-8-17/h9-10,14H,2-8H2,1H3,(H,15,16). The lowest BCUT2D eigenvalue weighted by Crippen LogP contribution is -2.44. The van der Waals surface area contributed by atoms with Gasteiger partial charge in [-0.2, -0.15) is 0 Å². The molecule has 0 bridgehead atoms. The largest absolute Gasteiger partial charge is 0.364 e. The molecule has 1 fully saturated rings.